The van der Waals surface area contributed by atoms with E-state index >= 15 is 0 Å². The number of hydrogen-bond acceptors (Lipinski definition) is 9. The van der Waals surface area contributed by atoms with Gasteiger partial charge in [0.25, 0.3) is 5.91 Å². The molecule has 4 heterocycles. The summed E-state index contributed by atoms with van der Waals surface area (Å²) in [5.74, 6) is 0.461. The Morgan fingerprint density at radius 1 is 1.27 bits per heavy atom. The number of rotatable bonds is 6. The second kappa shape index (κ2) is 9.90. The molecule has 4 aromatic rings. The molecule has 0 spiro atoms. The zero-order chi connectivity index (χ0) is 26.2. The lowest BCUT2D eigenvalue weighted by atomic mass is 10.2. The second-order valence-electron chi connectivity index (χ2n) is 8.66. The first-order valence-electron chi connectivity index (χ1n) is 11.6. The molecule has 1 aromatic carbocycles. The van der Waals surface area contributed by atoms with Gasteiger partial charge in [-0.05, 0) is 38.5 Å². The van der Waals surface area contributed by atoms with Gasteiger partial charge in [0, 0.05) is 18.3 Å². The number of amides is 1. The Labute approximate surface area is 212 Å². The van der Waals surface area contributed by atoms with Crippen molar-refractivity contribution in [1.29, 1.82) is 0 Å². The second-order valence-corrected chi connectivity index (χ2v) is 11.2. The molecule has 1 fully saturated rings. The van der Waals surface area contributed by atoms with E-state index in [4.69, 9.17) is 14.0 Å². The van der Waals surface area contributed by atoms with Gasteiger partial charge < -0.3 is 19.3 Å². The summed E-state index contributed by atoms with van der Waals surface area (Å²) < 4.78 is 49.1. The predicted octanol–water partition coefficient (Wildman–Crippen LogP) is 4.00. The molecule has 0 unspecified atom stereocenters. The number of nitrogens with zero attached hydrogens (tertiary/aromatic N) is 5. The van der Waals surface area contributed by atoms with Crippen LogP contribution in [0.5, 0.6) is 5.75 Å². The molecular formula is C24H25FN6O5S. The minimum absolute atomic E-state index is 0.219. The Hall–Kier alpha value is -3.84. The number of hydrogen-bond donors (Lipinski definition) is 1. The van der Waals surface area contributed by atoms with Gasteiger partial charge in [0.1, 0.15) is 23.4 Å². The van der Waals surface area contributed by atoms with E-state index in [0.717, 1.165) is 0 Å². The molecule has 1 N–H and O–H groups in total. The first-order chi connectivity index (χ1) is 17.7. The zero-order valence-corrected chi connectivity index (χ0v) is 21.2. The number of aryl methyl sites for hydroxylation is 2. The van der Waals surface area contributed by atoms with Crippen LogP contribution in [0, 0.1) is 19.7 Å². The fraction of sp³-hybridized carbons (Fsp3) is 0.333. The highest BCUT2D eigenvalue weighted by Crippen LogP contribution is 2.34. The topological polar surface area (TPSA) is 133 Å². The SMILES string of the molecule is Cc1cc([C@@H](C)Oc2cc(F)ccc2Nc2ncnn3cc(C(=O)N=S4(=O)CCOCC4)c(C)c23)on1. The molecule has 3 aromatic heterocycles. The molecule has 13 heteroatoms. The van der Waals surface area contributed by atoms with E-state index in [2.05, 4.69) is 24.9 Å². The minimum atomic E-state index is -2.67. The van der Waals surface area contributed by atoms with Crippen LogP contribution in [0.15, 0.2) is 45.7 Å². The highest BCUT2D eigenvalue weighted by molar-refractivity contribution is 7.94. The molecule has 11 nitrogen and oxygen atoms in total. The van der Waals surface area contributed by atoms with Crippen molar-refractivity contribution in [3.05, 3.63) is 65.2 Å². The van der Waals surface area contributed by atoms with Crippen molar-refractivity contribution in [2.24, 2.45) is 4.36 Å². The molecule has 37 heavy (non-hydrogen) atoms. The molecule has 0 aliphatic carbocycles. The van der Waals surface area contributed by atoms with E-state index in [-0.39, 0.29) is 22.8 Å². The van der Waals surface area contributed by atoms with E-state index < -0.39 is 27.6 Å². The number of ether oxygens (including phenoxy) is 2. The summed E-state index contributed by atoms with van der Waals surface area (Å²) >= 11 is 0. The normalized spacial score (nSPS) is 15.9. The fourth-order valence-corrected chi connectivity index (χ4v) is 5.53. The number of fused-ring (bicyclic) bond motifs is 1. The van der Waals surface area contributed by atoms with Gasteiger partial charge in [-0.2, -0.15) is 9.46 Å². The maximum atomic E-state index is 14.1. The van der Waals surface area contributed by atoms with E-state index in [1.807, 2.05) is 0 Å². The molecule has 1 saturated heterocycles. The number of carbonyl (C=O) groups is 1. The Balaban J connectivity index is 1.48. The van der Waals surface area contributed by atoms with Crippen molar-refractivity contribution >= 4 is 32.7 Å². The summed E-state index contributed by atoms with van der Waals surface area (Å²) in [5.41, 5.74) is 2.48. The van der Waals surface area contributed by atoms with E-state index in [0.29, 0.717) is 47.3 Å². The first-order valence-corrected chi connectivity index (χ1v) is 13.4. The maximum absolute atomic E-state index is 14.1. The zero-order valence-electron chi connectivity index (χ0n) is 20.4. The van der Waals surface area contributed by atoms with Gasteiger partial charge in [-0.1, -0.05) is 5.16 Å². The Bertz CT molecular complexity index is 1590. The third kappa shape index (κ3) is 5.18. The van der Waals surface area contributed by atoms with Gasteiger partial charge in [-0.3, -0.25) is 4.79 Å². The van der Waals surface area contributed by atoms with Crippen LogP contribution in [0.1, 0.15) is 40.4 Å². The molecule has 1 aliphatic rings. The van der Waals surface area contributed by atoms with Gasteiger partial charge in [0.15, 0.2) is 17.7 Å². The van der Waals surface area contributed by atoms with Crippen LogP contribution in [-0.2, 0) is 14.5 Å². The molecule has 194 valence electrons. The minimum Gasteiger partial charge on any atom is -0.480 e. The van der Waals surface area contributed by atoms with Crippen molar-refractivity contribution in [3.8, 4) is 5.75 Å². The van der Waals surface area contributed by atoms with Crippen LogP contribution < -0.4 is 10.1 Å². The summed E-state index contributed by atoms with van der Waals surface area (Å²) in [4.78, 5) is 17.3. The number of halogens is 1. The summed E-state index contributed by atoms with van der Waals surface area (Å²) in [7, 11) is -2.67. The average molecular weight is 529 g/mol. The summed E-state index contributed by atoms with van der Waals surface area (Å²) in [6.07, 6.45) is 2.31. The highest BCUT2D eigenvalue weighted by Gasteiger charge is 2.23. The summed E-state index contributed by atoms with van der Waals surface area (Å²) in [6, 6.07) is 5.81. The molecule has 5 rings (SSSR count). The monoisotopic (exact) mass is 528 g/mol. The first kappa shape index (κ1) is 24.8. The number of aromatic nitrogens is 4. The van der Waals surface area contributed by atoms with Crippen molar-refractivity contribution in [2.75, 3.05) is 30.0 Å². The van der Waals surface area contributed by atoms with Crippen LogP contribution in [0.25, 0.3) is 5.52 Å². The third-order valence-corrected chi connectivity index (χ3v) is 8.05. The van der Waals surface area contributed by atoms with Crippen LogP contribution >= 0.6 is 0 Å². The molecular weight excluding hydrogens is 503 g/mol. The van der Waals surface area contributed by atoms with Crippen LogP contribution in [-0.4, -0.2) is 54.6 Å². The Morgan fingerprint density at radius 3 is 2.78 bits per heavy atom. The number of carbonyl (C=O) groups excluding carboxylic acids is 1. The van der Waals surface area contributed by atoms with Crippen LogP contribution in [0.2, 0.25) is 0 Å². The number of benzene rings is 1. The van der Waals surface area contributed by atoms with Gasteiger partial charge in [-0.25, -0.2) is 18.1 Å². The van der Waals surface area contributed by atoms with Gasteiger partial charge in [0.2, 0.25) is 0 Å². The Morgan fingerprint density at radius 2 is 2.05 bits per heavy atom. The van der Waals surface area contributed by atoms with Crippen LogP contribution in [0.4, 0.5) is 15.9 Å². The van der Waals surface area contributed by atoms with Crippen molar-refractivity contribution in [2.45, 2.75) is 26.9 Å². The summed E-state index contributed by atoms with van der Waals surface area (Å²) in [6.45, 7) is 5.91. The molecule has 0 bridgehead atoms. The molecule has 1 amide bonds. The quantitative estimate of drug-likeness (QED) is 0.394. The van der Waals surface area contributed by atoms with Gasteiger partial charge in [-0.15, -0.1) is 0 Å². The van der Waals surface area contributed by atoms with Gasteiger partial charge in [0.05, 0.1) is 51.4 Å². The largest absolute Gasteiger partial charge is 0.480 e. The molecule has 1 aliphatic heterocycles. The standard InChI is InChI=1S/C24H25FN6O5S/c1-14-10-20(36-29-14)16(3)35-21-11-17(25)4-5-19(21)28-23-22-15(2)18(12-31(22)27-13-26-23)24(32)30-37(33)8-6-34-7-9-37/h4-5,10-13,16H,6-9H2,1-3H3,(H,26,27,28)/t16-/m1/s1. The molecule has 0 saturated carbocycles. The van der Waals surface area contributed by atoms with E-state index in [1.165, 1.54) is 35.2 Å². The summed E-state index contributed by atoms with van der Waals surface area (Å²) in [5, 5.41) is 11.2. The number of nitrogens with one attached hydrogen (secondary N) is 1. The highest BCUT2D eigenvalue weighted by atomic mass is 32.2. The van der Waals surface area contributed by atoms with Crippen LogP contribution in [0.3, 0.4) is 0 Å². The lowest BCUT2D eigenvalue weighted by Gasteiger charge is -2.17. The average Bonchev–Trinajstić information content (AvgIpc) is 3.45. The molecule has 1 atom stereocenters. The maximum Gasteiger partial charge on any atom is 0.287 e. The lowest BCUT2D eigenvalue weighted by Crippen LogP contribution is -2.26. The third-order valence-electron chi connectivity index (χ3n) is 5.95. The molecule has 0 radical (unpaired) electrons. The fourth-order valence-electron chi connectivity index (χ4n) is 3.99. The van der Waals surface area contributed by atoms with Gasteiger partial charge >= 0.3 is 0 Å². The van der Waals surface area contributed by atoms with Crippen molar-refractivity contribution < 1.29 is 27.4 Å². The smallest absolute Gasteiger partial charge is 0.287 e. The van der Waals surface area contributed by atoms with E-state index in [1.54, 1.807) is 26.8 Å². The lowest BCUT2D eigenvalue weighted by molar-refractivity contribution is 0.100. The van der Waals surface area contributed by atoms with Crippen molar-refractivity contribution in [3.63, 3.8) is 0 Å². The number of anilines is 2. The van der Waals surface area contributed by atoms with E-state index in [9.17, 15) is 13.4 Å². The predicted molar refractivity (Wildman–Crippen MR) is 133 cm³/mol. The van der Waals surface area contributed by atoms with Crippen molar-refractivity contribution in [1.82, 2.24) is 19.8 Å². The Kier molecular flexibility index (Phi) is 6.65.